The molecule has 0 radical (unpaired) electrons. The molecular weight excluding hydrogens is 238 g/mol. The van der Waals surface area contributed by atoms with Gasteiger partial charge in [-0.3, -0.25) is 9.69 Å². The standard InChI is InChI=1S/C16H29NO2/c1-12(2)13-5-6-15(18)14(9-13)10-17-8-4-7-16(3,19)11-17/h12-14,19H,4-11H2,1-3H3. The number of β-amino-alcohol motifs (C(OH)–C–C–N with tert-alkyl or cyclic N) is 1. The predicted octanol–water partition coefficient (Wildman–Crippen LogP) is 2.47. The first kappa shape index (κ1) is 15.0. The maximum Gasteiger partial charge on any atom is 0.137 e. The van der Waals surface area contributed by atoms with E-state index in [9.17, 15) is 9.90 Å². The fourth-order valence-corrected chi connectivity index (χ4v) is 3.72. The molecule has 0 aromatic rings. The highest BCUT2D eigenvalue weighted by atomic mass is 16.3. The average molecular weight is 267 g/mol. The molecule has 1 aliphatic carbocycles. The molecule has 0 aromatic heterocycles. The Bertz CT molecular complexity index is 325. The number of ketones is 1. The van der Waals surface area contributed by atoms with Gasteiger partial charge in [0.05, 0.1) is 5.60 Å². The second kappa shape index (κ2) is 5.92. The normalized spacial score (nSPS) is 37.8. The van der Waals surface area contributed by atoms with Crippen LogP contribution in [0.2, 0.25) is 0 Å². The number of carbonyl (C=O) groups excluding carboxylic acids is 1. The van der Waals surface area contributed by atoms with Crippen LogP contribution in [0.4, 0.5) is 0 Å². The molecule has 110 valence electrons. The molecule has 2 aliphatic rings. The number of nitrogens with zero attached hydrogens (tertiary/aromatic N) is 1. The molecule has 1 saturated heterocycles. The van der Waals surface area contributed by atoms with E-state index in [1.807, 2.05) is 6.92 Å². The zero-order valence-corrected chi connectivity index (χ0v) is 12.7. The Morgan fingerprint density at radius 3 is 2.84 bits per heavy atom. The van der Waals surface area contributed by atoms with Crippen LogP contribution in [0.5, 0.6) is 0 Å². The van der Waals surface area contributed by atoms with Gasteiger partial charge in [-0.15, -0.1) is 0 Å². The molecule has 1 aliphatic heterocycles. The van der Waals surface area contributed by atoms with Crippen LogP contribution in [0.15, 0.2) is 0 Å². The van der Waals surface area contributed by atoms with Gasteiger partial charge in [-0.1, -0.05) is 13.8 Å². The summed E-state index contributed by atoms with van der Waals surface area (Å²) in [6.07, 6.45) is 4.82. The van der Waals surface area contributed by atoms with Crippen LogP contribution in [-0.2, 0) is 4.79 Å². The summed E-state index contributed by atoms with van der Waals surface area (Å²) in [6.45, 7) is 9.07. The topological polar surface area (TPSA) is 40.5 Å². The molecular formula is C16H29NO2. The summed E-state index contributed by atoms with van der Waals surface area (Å²) in [5.74, 6) is 2.03. The lowest BCUT2D eigenvalue weighted by Gasteiger charge is -2.40. The number of hydrogen-bond donors (Lipinski definition) is 1. The number of likely N-dealkylation sites (tertiary alicyclic amines) is 1. The summed E-state index contributed by atoms with van der Waals surface area (Å²) in [7, 11) is 0. The zero-order valence-electron chi connectivity index (χ0n) is 12.7. The molecule has 1 saturated carbocycles. The van der Waals surface area contributed by atoms with E-state index in [0.29, 0.717) is 17.6 Å². The van der Waals surface area contributed by atoms with Crippen molar-refractivity contribution in [3.05, 3.63) is 0 Å². The lowest BCUT2D eigenvalue weighted by atomic mass is 9.75. The summed E-state index contributed by atoms with van der Waals surface area (Å²) in [5, 5.41) is 10.2. The molecule has 3 heteroatoms. The molecule has 3 nitrogen and oxygen atoms in total. The Hall–Kier alpha value is -0.410. The third-order valence-corrected chi connectivity index (χ3v) is 4.98. The lowest BCUT2D eigenvalue weighted by molar-refractivity contribution is -0.127. The maximum atomic E-state index is 12.1. The third kappa shape index (κ3) is 4.03. The quantitative estimate of drug-likeness (QED) is 0.854. The molecule has 2 rings (SSSR count). The molecule has 0 spiro atoms. The summed E-state index contributed by atoms with van der Waals surface area (Å²) < 4.78 is 0. The monoisotopic (exact) mass is 267 g/mol. The predicted molar refractivity (Wildman–Crippen MR) is 77.0 cm³/mol. The molecule has 1 N–H and O–H groups in total. The molecule has 3 atom stereocenters. The smallest absolute Gasteiger partial charge is 0.137 e. The summed E-state index contributed by atoms with van der Waals surface area (Å²) >= 11 is 0. The minimum atomic E-state index is -0.562. The van der Waals surface area contributed by atoms with Crippen molar-refractivity contribution in [1.29, 1.82) is 0 Å². The second-order valence-electron chi connectivity index (χ2n) is 7.28. The fraction of sp³-hybridized carbons (Fsp3) is 0.938. The van der Waals surface area contributed by atoms with Crippen molar-refractivity contribution in [3.8, 4) is 0 Å². The number of piperidine rings is 1. The van der Waals surface area contributed by atoms with Crippen molar-refractivity contribution in [2.24, 2.45) is 17.8 Å². The SMILES string of the molecule is CC(C)C1CCC(=O)C(CN2CCCC(C)(O)C2)C1. The van der Waals surface area contributed by atoms with Gasteiger partial charge in [0.1, 0.15) is 5.78 Å². The molecule has 19 heavy (non-hydrogen) atoms. The molecule has 0 amide bonds. The van der Waals surface area contributed by atoms with Gasteiger partial charge >= 0.3 is 0 Å². The number of Topliss-reactive ketones (excluding diaryl/α,β-unsaturated/α-hetero) is 1. The zero-order chi connectivity index (χ0) is 14.0. The van der Waals surface area contributed by atoms with Crippen molar-refractivity contribution in [1.82, 2.24) is 4.90 Å². The third-order valence-electron chi connectivity index (χ3n) is 4.98. The van der Waals surface area contributed by atoms with Crippen molar-refractivity contribution in [3.63, 3.8) is 0 Å². The van der Waals surface area contributed by atoms with E-state index in [1.165, 1.54) is 0 Å². The van der Waals surface area contributed by atoms with Gasteiger partial charge < -0.3 is 5.11 Å². The van der Waals surface area contributed by atoms with Gasteiger partial charge in [0.2, 0.25) is 0 Å². The maximum absolute atomic E-state index is 12.1. The Labute approximate surface area is 117 Å². The summed E-state index contributed by atoms with van der Waals surface area (Å²) in [6, 6.07) is 0. The van der Waals surface area contributed by atoms with E-state index in [0.717, 1.165) is 51.7 Å². The van der Waals surface area contributed by atoms with Gasteiger partial charge in [-0.2, -0.15) is 0 Å². The number of hydrogen-bond acceptors (Lipinski definition) is 3. The van der Waals surface area contributed by atoms with Gasteiger partial charge in [0, 0.05) is 25.4 Å². The molecule has 1 heterocycles. The van der Waals surface area contributed by atoms with Crippen LogP contribution in [-0.4, -0.2) is 41.0 Å². The van der Waals surface area contributed by atoms with Crippen LogP contribution in [0.25, 0.3) is 0 Å². The van der Waals surface area contributed by atoms with E-state index in [4.69, 9.17) is 0 Å². The molecule has 3 unspecified atom stereocenters. The Morgan fingerprint density at radius 1 is 1.47 bits per heavy atom. The second-order valence-corrected chi connectivity index (χ2v) is 7.28. The lowest BCUT2D eigenvalue weighted by Crippen LogP contribution is -2.49. The first-order valence-electron chi connectivity index (χ1n) is 7.85. The first-order valence-corrected chi connectivity index (χ1v) is 7.85. The van der Waals surface area contributed by atoms with Crippen molar-refractivity contribution < 1.29 is 9.90 Å². The number of carbonyl (C=O) groups is 1. The first-order chi connectivity index (χ1) is 8.87. The van der Waals surface area contributed by atoms with Gasteiger partial charge in [-0.05, 0) is 51.0 Å². The van der Waals surface area contributed by atoms with Gasteiger partial charge in [0.15, 0.2) is 0 Å². The Morgan fingerprint density at radius 2 is 2.21 bits per heavy atom. The Kier molecular flexibility index (Phi) is 4.67. The minimum absolute atomic E-state index is 0.204. The van der Waals surface area contributed by atoms with E-state index in [-0.39, 0.29) is 5.92 Å². The van der Waals surface area contributed by atoms with Crippen LogP contribution in [0.3, 0.4) is 0 Å². The number of aliphatic hydroxyl groups is 1. The largest absolute Gasteiger partial charge is 0.389 e. The van der Waals surface area contributed by atoms with Crippen molar-refractivity contribution in [2.45, 2.75) is 58.5 Å². The highest BCUT2D eigenvalue weighted by Crippen LogP contribution is 2.33. The summed E-state index contributed by atoms with van der Waals surface area (Å²) in [4.78, 5) is 14.4. The van der Waals surface area contributed by atoms with Gasteiger partial charge in [-0.25, -0.2) is 0 Å². The van der Waals surface area contributed by atoms with Crippen LogP contribution in [0.1, 0.15) is 52.9 Å². The van der Waals surface area contributed by atoms with E-state index in [1.54, 1.807) is 0 Å². The highest BCUT2D eigenvalue weighted by Gasteiger charge is 2.34. The van der Waals surface area contributed by atoms with E-state index >= 15 is 0 Å². The average Bonchev–Trinajstić information content (AvgIpc) is 2.30. The highest BCUT2D eigenvalue weighted by molar-refractivity contribution is 5.82. The van der Waals surface area contributed by atoms with Gasteiger partial charge in [0.25, 0.3) is 0 Å². The molecule has 2 fully saturated rings. The van der Waals surface area contributed by atoms with Crippen LogP contribution in [0, 0.1) is 17.8 Å². The fourth-order valence-electron chi connectivity index (χ4n) is 3.72. The van der Waals surface area contributed by atoms with Crippen molar-refractivity contribution >= 4 is 5.78 Å². The van der Waals surface area contributed by atoms with E-state index < -0.39 is 5.60 Å². The van der Waals surface area contributed by atoms with Crippen molar-refractivity contribution in [2.75, 3.05) is 19.6 Å². The molecule has 0 aromatic carbocycles. The van der Waals surface area contributed by atoms with Crippen LogP contribution >= 0.6 is 0 Å². The number of rotatable bonds is 3. The minimum Gasteiger partial charge on any atom is -0.389 e. The summed E-state index contributed by atoms with van der Waals surface area (Å²) in [5.41, 5.74) is -0.562. The molecule has 0 bridgehead atoms. The van der Waals surface area contributed by atoms with E-state index in [2.05, 4.69) is 18.7 Å². The Balaban J connectivity index is 1.91. The van der Waals surface area contributed by atoms with Crippen LogP contribution < -0.4 is 0 Å².